The van der Waals surface area contributed by atoms with Crippen molar-refractivity contribution in [3.63, 3.8) is 0 Å². The molecule has 0 spiro atoms. The Bertz CT molecular complexity index is 3200. The molecule has 23 N–H and O–H groups in total. The van der Waals surface area contributed by atoms with E-state index in [1.807, 2.05) is 13.8 Å². The number of methoxy groups -OCH3 is 1. The van der Waals surface area contributed by atoms with Gasteiger partial charge in [-0.1, -0.05) is 82.6 Å². The first-order valence-corrected chi connectivity index (χ1v) is 38.5. The summed E-state index contributed by atoms with van der Waals surface area (Å²) in [5, 5.41) is 87.8. The lowest BCUT2D eigenvalue weighted by atomic mass is 9.85. The van der Waals surface area contributed by atoms with E-state index in [-0.39, 0.29) is 82.8 Å². The number of nitrogens with zero attached hydrogens (tertiary/aromatic N) is 2. The third-order valence-electron chi connectivity index (χ3n) is 21.1. The fourth-order valence-electron chi connectivity index (χ4n) is 13.1. The fourth-order valence-corrected chi connectivity index (χ4v) is 13.1. The zero-order chi connectivity index (χ0) is 85.5. The van der Waals surface area contributed by atoms with E-state index in [1.165, 1.54) is 34.6 Å². The van der Waals surface area contributed by atoms with E-state index in [2.05, 4.69) is 47.9 Å². The molecule has 638 valence electrons. The quantitative estimate of drug-likeness (QED) is 0.0258. The second-order valence-electron chi connectivity index (χ2n) is 30.5. The van der Waals surface area contributed by atoms with Crippen molar-refractivity contribution in [2.45, 2.75) is 276 Å². The second kappa shape index (κ2) is 48.3. The molecular formula is C73H127N15O24. The highest BCUT2D eigenvalue weighted by molar-refractivity contribution is 6.00. The molecule has 2 aliphatic heterocycles. The van der Waals surface area contributed by atoms with Gasteiger partial charge in [0.1, 0.15) is 72.6 Å². The van der Waals surface area contributed by atoms with Crippen molar-refractivity contribution in [3.8, 4) is 0 Å². The van der Waals surface area contributed by atoms with Crippen molar-refractivity contribution >= 4 is 94.7 Å². The molecule has 0 aliphatic carbocycles. The Labute approximate surface area is 653 Å². The number of carbonyl (C=O) groups is 16. The summed E-state index contributed by atoms with van der Waals surface area (Å²) in [5.74, 6) is -25.9. The topological polar surface area (TPSA) is 632 Å². The Hall–Kier alpha value is -8.76. The van der Waals surface area contributed by atoms with Crippen LogP contribution in [0.5, 0.6) is 0 Å². The summed E-state index contributed by atoms with van der Waals surface area (Å²) >= 11 is 0. The number of ether oxygens (including phenoxy) is 2. The van der Waals surface area contributed by atoms with E-state index >= 15 is 19.2 Å². The summed E-state index contributed by atoms with van der Waals surface area (Å²) in [7, 11) is 2.31. The van der Waals surface area contributed by atoms with Gasteiger partial charge in [-0.05, 0) is 126 Å². The van der Waals surface area contributed by atoms with Crippen molar-refractivity contribution in [1.29, 1.82) is 0 Å². The highest BCUT2D eigenvalue weighted by atomic mass is 16.5. The number of carbonyl (C=O) groups excluding carboxylic acids is 14. The first-order valence-electron chi connectivity index (χ1n) is 38.5. The zero-order valence-corrected chi connectivity index (χ0v) is 67.0. The molecule has 0 radical (unpaired) electrons. The second-order valence-corrected chi connectivity index (χ2v) is 30.5. The van der Waals surface area contributed by atoms with E-state index in [0.29, 0.717) is 6.42 Å². The summed E-state index contributed by atoms with van der Waals surface area (Å²) in [6.45, 7) is 17.3. The molecule has 2 rings (SSSR count). The van der Waals surface area contributed by atoms with Gasteiger partial charge in [-0.15, -0.1) is 0 Å². The molecule has 39 nitrogen and oxygen atoms in total. The van der Waals surface area contributed by atoms with Gasteiger partial charge in [0.05, 0.1) is 37.2 Å². The number of cyclic esters (lactones) is 1. The summed E-state index contributed by atoms with van der Waals surface area (Å²) in [4.78, 5) is 229. The van der Waals surface area contributed by atoms with Gasteiger partial charge < -0.3 is 121 Å². The van der Waals surface area contributed by atoms with E-state index in [4.69, 9.17) is 32.4 Å². The number of rotatable bonds is 39. The number of nitrogens with two attached hydrogens (primary N) is 4. The van der Waals surface area contributed by atoms with E-state index in [9.17, 15) is 88.2 Å². The van der Waals surface area contributed by atoms with Crippen LogP contribution >= 0.6 is 0 Å². The molecule has 22 atom stereocenters. The lowest BCUT2D eigenvalue weighted by Crippen LogP contribution is -2.65. The number of hydrogen-bond donors (Lipinski definition) is 19. The third-order valence-corrected chi connectivity index (χ3v) is 21.1. The molecule has 0 bridgehead atoms. The molecule has 2 aliphatic rings. The van der Waals surface area contributed by atoms with Crippen molar-refractivity contribution < 1.29 is 117 Å². The number of hydrogen-bond acceptors (Lipinski definition) is 24. The summed E-state index contributed by atoms with van der Waals surface area (Å²) in [6, 6.07) is -20.3. The van der Waals surface area contributed by atoms with Gasteiger partial charge in [0.2, 0.25) is 70.9 Å². The monoisotopic (exact) mass is 1600 g/mol. The Morgan fingerprint density at radius 3 is 1.79 bits per heavy atom. The summed E-state index contributed by atoms with van der Waals surface area (Å²) < 4.78 is 11.7. The van der Waals surface area contributed by atoms with Crippen LogP contribution in [0.1, 0.15) is 179 Å². The van der Waals surface area contributed by atoms with Crippen molar-refractivity contribution in [2.75, 3.05) is 40.4 Å². The maximum atomic E-state index is 15.5. The van der Waals surface area contributed by atoms with Crippen LogP contribution in [0.15, 0.2) is 0 Å². The average Bonchev–Trinajstić information content (AvgIpc) is 0.850. The van der Waals surface area contributed by atoms with Crippen LogP contribution in [0, 0.1) is 47.3 Å². The maximum Gasteiger partial charge on any atom is 0.329 e. The molecular weight excluding hydrogens is 1470 g/mol. The molecule has 2 saturated heterocycles. The number of aliphatic hydroxyl groups excluding tert-OH is 4. The molecule has 2 fully saturated rings. The normalized spacial score (nSPS) is 24.5. The van der Waals surface area contributed by atoms with Crippen LogP contribution in [0.3, 0.4) is 0 Å². The molecule has 39 heteroatoms. The molecule has 13 amide bonds. The third kappa shape index (κ3) is 30.6. The zero-order valence-electron chi connectivity index (χ0n) is 67.0. The molecule has 0 aromatic heterocycles. The highest BCUT2D eigenvalue weighted by Gasteiger charge is 2.48. The van der Waals surface area contributed by atoms with Gasteiger partial charge in [-0.2, -0.15) is 0 Å². The Balaban J connectivity index is 3.12. The van der Waals surface area contributed by atoms with Crippen molar-refractivity contribution in [3.05, 3.63) is 0 Å². The molecule has 0 aromatic rings. The lowest BCUT2D eigenvalue weighted by molar-refractivity contribution is -0.168. The van der Waals surface area contributed by atoms with E-state index in [1.54, 1.807) is 34.6 Å². The number of aliphatic carboxylic acids is 2. The number of nitrogens with one attached hydrogen (secondary N) is 9. The first kappa shape index (κ1) is 99.3. The standard InChI is InChI=1S/C73H127N15O24/c1-15-36(6)31-37(7)57(95)41(11)62(99)79-44(20-18-27-74)63(100)78-43(23-26-52(91)92)58(96)59(97)70(107)84-54(39(9)40(10)61(77)98)67(104)86-56-60(38(8)35(4)5)112-73(110)50-22-16-17-29-88(50)72(109)47(32-53(93)94)82-68(105)55(42(12)111-14)85-66(103)49(24-25-51(76)90)87(13)71(108)46(30-34(2)3)81-64(101)45(21-19-28-75)80-65(102)48(33-89)83-69(56)106/h34-50,54-60,89,95-97H,15-33,74-75H2,1-14H3,(H2,76,90)(H2,77,98)(H,78,100)(H,79,99)(H,80,102)(H,81,101)(H,82,105)(H,83,106)(H,84,107)(H,85,103)(H,86,104)(H,91,92)(H,93,94). The highest BCUT2D eigenvalue weighted by Crippen LogP contribution is 2.28. The Morgan fingerprint density at radius 2 is 1.24 bits per heavy atom. The number of amides is 13. The lowest BCUT2D eigenvalue weighted by Gasteiger charge is -2.39. The van der Waals surface area contributed by atoms with Crippen LogP contribution in [-0.2, 0) is 86.2 Å². The van der Waals surface area contributed by atoms with Gasteiger partial charge in [0.25, 0.3) is 5.91 Å². The van der Waals surface area contributed by atoms with Crippen LogP contribution in [0.25, 0.3) is 0 Å². The fraction of sp³-hybridized carbons (Fsp3) is 0.781. The minimum Gasteiger partial charge on any atom is -0.481 e. The smallest absolute Gasteiger partial charge is 0.329 e. The van der Waals surface area contributed by atoms with Crippen molar-refractivity contribution in [1.82, 2.24) is 57.7 Å². The number of esters is 1. The van der Waals surface area contributed by atoms with Crippen LogP contribution < -0.4 is 70.8 Å². The number of carboxylic acids is 2. The minimum absolute atomic E-state index is 0.0138. The average molecular weight is 1600 g/mol. The van der Waals surface area contributed by atoms with Crippen LogP contribution in [0.2, 0.25) is 0 Å². The predicted molar refractivity (Wildman–Crippen MR) is 402 cm³/mol. The number of aliphatic hydroxyl groups is 4. The number of fused-ring (bicyclic) bond motifs is 1. The largest absolute Gasteiger partial charge is 0.481 e. The molecule has 0 saturated carbocycles. The molecule has 112 heavy (non-hydrogen) atoms. The summed E-state index contributed by atoms with van der Waals surface area (Å²) in [6.07, 6.45) is -12.2. The number of piperidine rings is 1. The number of carboxylic acid groups (broad SMARTS) is 2. The summed E-state index contributed by atoms with van der Waals surface area (Å²) in [5.41, 5.74) is 23.0. The van der Waals surface area contributed by atoms with Gasteiger partial charge >= 0.3 is 17.9 Å². The van der Waals surface area contributed by atoms with E-state index < -0.39 is 266 Å². The van der Waals surface area contributed by atoms with E-state index in [0.717, 1.165) is 30.4 Å². The molecule has 0 aromatic carbocycles. The van der Waals surface area contributed by atoms with Crippen LogP contribution in [-0.4, -0.2) is 273 Å². The maximum absolute atomic E-state index is 15.5. The van der Waals surface area contributed by atoms with Crippen molar-refractivity contribution in [2.24, 2.45) is 70.3 Å². The molecule has 2 heterocycles. The Kier molecular flexibility index (Phi) is 42.9. The van der Waals surface area contributed by atoms with Gasteiger partial charge in [-0.25, -0.2) is 4.79 Å². The SMILES string of the molecule is CCC(C)CC(C)C(O)C(C)C(=O)NC(CCCN)C(=O)NC(CCC(=O)O)C(O)C(O)C(=O)NC(C(=O)NC1C(=O)NC(CO)C(=O)NC(CCCN)C(=O)NC(CC(C)C)C(=O)N(C)C(CCC(N)=O)C(=O)NC(C(C)OC)C(=O)NC(CC(=O)O)C(=O)N2CCCCC2C(=O)OC1C(C)C(C)C)C(C)C(C)C(N)=O. The van der Waals surface area contributed by atoms with Gasteiger partial charge in [0.15, 0.2) is 6.10 Å². The first-order chi connectivity index (χ1) is 52.3. The minimum atomic E-state index is -2.73. The molecule has 22 unspecified atom stereocenters. The van der Waals surface area contributed by atoms with Gasteiger partial charge in [-0.3, -0.25) is 71.9 Å². The predicted octanol–water partition coefficient (Wildman–Crippen LogP) is -4.52. The number of primary amides is 2. The van der Waals surface area contributed by atoms with Gasteiger partial charge in [0, 0.05) is 39.5 Å². The number of likely N-dealkylation sites (N-methyl/N-ethyl adjacent to an activating group) is 1. The Morgan fingerprint density at radius 1 is 0.643 bits per heavy atom. The van der Waals surface area contributed by atoms with Crippen LogP contribution in [0.4, 0.5) is 0 Å².